The Bertz CT molecular complexity index is 1790. The van der Waals surface area contributed by atoms with Crippen molar-refractivity contribution in [3.05, 3.63) is 117 Å². The van der Waals surface area contributed by atoms with Crippen LogP contribution in [0.5, 0.6) is 5.75 Å². The van der Waals surface area contributed by atoms with E-state index in [0.717, 1.165) is 39.9 Å². The Labute approximate surface area is 217 Å². The molecule has 2 aromatic carbocycles. The number of hydrogen-bond donors (Lipinski definition) is 1. The quantitative estimate of drug-likeness (QED) is 0.328. The number of hydrogen-bond acceptors (Lipinski definition) is 5. The topological polar surface area (TPSA) is 85.4 Å². The molecule has 3 aromatic heterocycles. The summed E-state index contributed by atoms with van der Waals surface area (Å²) in [5.41, 5.74) is 8.69. The molecule has 7 nitrogen and oxygen atoms in total. The van der Waals surface area contributed by atoms with E-state index in [-0.39, 0.29) is 12.4 Å². The Morgan fingerprint density at radius 3 is 2.79 bits per heavy atom. The number of imidazole rings is 1. The maximum atomic E-state index is 14.2. The third-order valence-corrected chi connectivity index (χ3v) is 7.73. The number of rotatable bonds is 4. The number of H-pyrrole nitrogens is 1. The molecule has 1 fully saturated rings. The molecule has 7 rings (SSSR count). The SMILES string of the molecule is C/C(=C1/c2ccc(Cc3c(C4CCC4)nc4ccccn34)cc2COc2cc(F)ccc21)c1noc(=O)[nH]1. The second-order valence-corrected chi connectivity index (χ2v) is 10.0. The van der Waals surface area contributed by atoms with E-state index in [2.05, 4.69) is 45.0 Å². The summed E-state index contributed by atoms with van der Waals surface area (Å²) < 4.78 is 27.3. The molecule has 4 heterocycles. The zero-order chi connectivity index (χ0) is 25.8. The van der Waals surface area contributed by atoms with E-state index < -0.39 is 5.76 Å². The Morgan fingerprint density at radius 1 is 1.13 bits per heavy atom. The van der Waals surface area contributed by atoms with Crippen LogP contribution in [0.15, 0.2) is 70.1 Å². The summed E-state index contributed by atoms with van der Waals surface area (Å²) in [5.74, 6) is 0.277. The molecule has 190 valence electrons. The number of aromatic amines is 1. The summed E-state index contributed by atoms with van der Waals surface area (Å²) in [6.45, 7) is 2.15. The monoisotopic (exact) mass is 508 g/mol. The van der Waals surface area contributed by atoms with Gasteiger partial charge in [-0.05, 0) is 66.3 Å². The fraction of sp³-hybridized carbons (Fsp3) is 0.233. The van der Waals surface area contributed by atoms with Crippen molar-refractivity contribution in [2.45, 2.75) is 45.1 Å². The fourth-order valence-corrected chi connectivity index (χ4v) is 5.60. The Balaban J connectivity index is 1.35. The van der Waals surface area contributed by atoms with Crippen molar-refractivity contribution in [2.75, 3.05) is 0 Å². The van der Waals surface area contributed by atoms with Gasteiger partial charge in [0.15, 0.2) is 5.82 Å². The first kappa shape index (κ1) is 22.7. The molecular formula is C30H25FN4O3. The van der Waals surface area contributed by atoms with Crippen LogP contribution in [0, 0.1) is 5.82 Å². The summed E-state index contributed by atoms with van der Waals surface area (Å²) >= 11 is 0. The van der Waals surface area contributed by atoms with E-state index in [1.165, 1.54) is 42.8 Å². The molecular weight excluding hydrogens is 483 g/mol. The van der Waals surface area contributed by atoms with Gasteiger partial charge in [0.05, 0.1) is 11.4 Å². The fourth-order valence-electron chi connectivity index (χ4n) is 5.60. The standard InChI is InChI=1S/C30H25FN4O3/c1-17(29-33-30(36)38-34-29)27-22-10-8-18(13-20(22)16-37-25-15-21(31)9-11-23(25)27)14-24-28(19-5-4-6-19)32-26-7-2-3-12-35(24)26/h2-3,7-13,15,19H,4-6,14,16H2,1H3,(H,33,34,36)/b27-17+. The first-order valence-corrected chi connectivity index (χ1v) is 12.8. The van der Waals surface area contributed by atoms with E-state index in [0.29, 0.717) is 23.1 Å². The van der Waals surface area contributed by atoms with Gasteiger partial charge in [-0.25, -0.2) is 14.2 Å². The van der Waals surface area contributed by atoms with Gasteiger partial charge in [0.2, 0.25) is 0 Å². The van der Waals surface area contributed by atoms with Crippen LogP contribution in [-0.4, -0.2) is 19.5 Å². The highest BCUT2D eigenvalue weighted by molar-refractivity contribution is 5.99. The smallest absolute Gasteiger partial charge is 0.439 e. The molecule has 0 atom stereocenters. The molecule has 0 spiro atoms. The molecule has 1 aliphatic carbocycles. The second kappa shape index (κ2) is 8.83. The van der Waals surface area contributed by atoms with Crippen LogP contribution in [0.1, 0.15) is 71.6 Å². The first-order chi connectivity index (χ1) is 18.5. The highest BCUT2D eigenvalue weighted by atomic mass is 19.1. The Kier molecular flexibility index (Phi) is 5.28. The maximum Gasteiger partial charge on any atom is 0.439 e. The summed E-state index contributed by atoms with van der Waals surface area (Å²) in [7, 11) is 0. The molecule has 0 amide bonds. The average molecular weight is 509 g/mol. The van der Waals surface area contributed by atoms with Crippen molar-refractivity contribution in [3.8, 4) is 5.75 Å². The molecule has 2 aliphatic rings. The summed E-state index contributed by atoms with van der Waals surface area (Å²) in [6, 6.07) is 17.0. The van der Waals surface area contributed by atoms with Gasteiger partial charge in [-0.1, -0.05) is 35.8 Å². The number of nitrogens with one attached hydrogen (secondary N) is 1. The number of pyridine rings is 1. The van der Waals surface area contributed by atoms with Gasteiger partial charge < -0.3 is 9.14 Å². The highest BCUT2D eigenvalue weighted by Crippen LogP contribution is 2.42. The zero-order valence-corrected chi connectivity index (χ0v) is 20.8. The molecule has 0 bridgehead atoms. The minimum absolute atomic E-state index is 0.286. The minimum atomic E-state index is -0.630. The summed E-state index contributed by atoms with van der Waals surface area (Å²) in [4.78, 5) is 19.3. The number of ether oxygens (including phenoxy) is 1. The van der Waals surface area contributed by atoms with E-state index in [4.69, 9.17) is 14.2 Å². The van der Waals surface area contributed by atoms with E-state index in [1.807, 2.05) is 19.1 Å². The van der Waals surface area contributed by atoms with Crippen molar-refractivity contribution >= 4 is 16.8 Å². The van der Waals surface area contributed by atoms with Crippen LogP contribution in [0.3, 0.4) is 0 Å². The molecule has 38 heavy (non-hydrogen) atoms. The van der Waals surface area contributed by atoms with Gasteiger partial charge in [0.25, 0.3) is 0 Å². The Hall–Kier alpha value is -4.46. The average Bonchev–Trinajstić information content (AvgIpc) is 3.43. The zero-order valence-electron chi connectivity index (χ0n) is 20.8. The predicted molar refractivity (Wildman–Crippen MR) is 140 cm³/mol. The van der Waals surface area contributed by atoms with E-state index in [1.54, 1.807) is 6.07 Å². The highest BCUT2D eigenvalue weighted by Gasteiger charge is 2.27. The summed E-state index contributed by atoms with van der Waals surface area (Å²) in [5, 5.41) is 3.90. The van der Waals surface area contributed by atoms with Gasteiger partial charge in [0, 0.05) is 35.7 Å². The molecule has 0 unspecified atom stereocenters. The van der Waals surface area contributed by atoms with E-state index in [9.17, 15) is 9.18 Å². The number of benzene rings is 2. The van der Waals surface area contributed by atoms with Gasteiger partial charge in [-0.15, -0.1) is 0 Å². The molecule has 0 radical (unpaired) electrons. The number of allylic oxidation sites excluding steroid dienone is 1. The van der Waals surface area contributed by atoms with Gasteiger partial charge in [-0.2, -0.15) is 0 Å². The van der Waals surface area contributed by atoms with Crippen molar-refractivity contribution in [3.63, 3.8) is 0 Å². The molecule has 8 heteroatoms. The first-order valence-electron chi connectivity index (χ1n) is 12.8. The molecule has 1 aliphatic heterocycles. The molecule has 5 aromatic rings. The van der Waals surface area contributed by atoms with Crippen molar-refractivity contribution in [1.29, 1.82) is 0 Å². The van der Waals surface area contributed by atoms with Crippen molar-refractivity contribution in [1.82, 2.24) is 19.5 Å². The predicted octanol–water partition coefficient (Wildman–Crippen LogP) is 5.88. The largest absolute Gasteiger partial charge is 0.488 e. The molecule has 0 saturated heterocycles. The lowest BCUT2D eigenvalue weighted by molar-refractivity contribution is 0.305. The number of fused-ring (bicyclic) bond motifs is 3. The lowest BCUT2D eigenvalue weighted by Crippen LogP contribution is -2.12. The summed E-state index contributed by atoms with van der Waals surface area (Å²) in [6.07, 6.45) is 6.43. The third kappa shape index (κ3) is 3.75. The van der Waals surface area contributed by atoms with Crippen LogP contribution in [0.2, 0.25) is 0 Å². The number of halogens is 1. The van der Waals surface area contributed by atoms with Crippen molar-refractivity contribution in [2.24, 2.45) is 0 Å². The van der Waals surface area contributed by atoms with Gasteiger partial charge >= 0.3 is 5.76 Å². The minimum Gasteiger partial charge on any atom is -0.488 e. The van der Waals surface area contributed by atoms with Crippen LogP contribution >= 0.6 is 0 Å². The van der Waals surface area contributed by atoms with Crippen molar-refractivity contribution < 1.29 is 13.7 Å². The lowest BCUT2D eigenvalue weighted by atomic mass is 9.81. The third-order valence-electron chi connectivity index (χ3n) is 7.73. The van der Waals surface area contributed by atoms with E-state index >= 15 is 0 Å². The lowest BCUT2D eigenvalue weighted by Gasteiger charge is -2.24. The van der Waals surface area contributed by atoms with Crippen LogP contribution in [-0.2, 0) is 13.0 Å². The number of nitrogens with zero attached hydrogens (tertiary/aromatic N) is 3. The number of aromatic nitrogens is 4. The Morgan fingerprint density at radius 2 is 2.00 bits per heavy atom. The van der Waals surface area contributed by atoms with Gasteiger partial charge in [-0.3, -0.25) is 9.51 Å². The van der Waals surface area contributed by atoms with Crippen LogP contribution in [0.25, 0.3) is 16.8 Å². The maximum absolute atomic E-state index is 14.2. The normalized spacial score (nSPS) is 16.4. The molecule has 1 saturated carbocycles. The van der Waals surface area contributed by atoms with Gasteiger partial charge in [0.1, 0.15) is 23.8 Å². The molecule has 1 N–H and O–H groups in total. The van der Waals surface area contributed by atoms with Crippen LogP contribution < -0.4 is 10.5 Å². The van der Waals surface area contributed by atoms with Crippen LogP contribution in [0.4, 0.5) is 4.39 Å². The second-order valence-electron chi connectivity index (χ2n) is 10.0.